The van der Waals surface area contributed by atoms with Crippen LogP contribution in [0.5, 0.6) is 0 Å². The van der Waals surface area contributed by atoms with Gasteiger partial charge in [-0.15, -0.1) is 0 Å². The fraction of sp³-hybridized carbons (Fsp3) is 0.609. The lowest BCUT2D eigenvalue weighted by Crippen LogP contribution is -2.53. The largest absolute Gasteiger partial charge is 0.449 e. The number of carbonyl (C=O) groups is 2. The van der Waals surface area contributed by atoms with Crippen LogP contribution in [-0.2, 0) is 14.3 Å². The molecule has 1 amide bonds. The third kappa shape index (κ3) is 4.39. The quantitative estimate of drug-likeness (QED) is 0.536. The van der Waals surface area contributed by atoms with Gasteiger partial charge < -0.3 is 14.2 Å². The molecule has 156 valence electrons. The smallest absolute Gasteiger partial charge is 0.331 e. The van der Waals surface area contributed by atoms with Crippen molar-refractivity contribution < 1.29 is 14.3 Å². The Labute approximate surface area is 173 Å². The highest BCUT2D eigenvalue weighted by Gasteiger charge is 2.40. The van der Waals surface area contributed by atoms with Gasteiger partial charge in [-0.3, -0.25) is 4.79 Å². The van der Waals surface area contributed by atoms with Crippen LogP contribution in [0, 0.1) is 25.2 Å². The molecule has 0 saturated heterocycles. The highest BCUT2D eigenvalue weighted by Crippen LogP contribution is 2.38. The molecule has 6 nitrogen and oxygen atoms in total. The van der Waals surface area contributed by atoms with Crippen LogP contribution < -0.4 is 0 Å². The van der Waals surface area contributed by atoms with E-state index >= 15 is 0 Å². The Bertz CT molecular complexity index is 851. The molecule has 0 radical (unpaired) electrons. The molecule has 0 bridgehead atoms. The second-order valence-corrected chi connectivity index (χ2v) is 8.44. The van der Waals surface area contributed by atoms with Gasteiger partial charge in [0.05, 0.1) is 6.07 Å². The summed E-state index contributed by atoms with van der Waals surface area (Å²) in [5.74, 6) is -0.882. The molecule has 2 fully saturated rings. The maximum Gasteiger partial charge on any atom is 0.331 e. The van der Waals surface area contributed by atoms with Crippen molar-refractivity contribution in [3.8, 4) is 6.07 Å². The van der Waals surface area contributed by atoms with Crippen LogP contribution in [0.15, 0.2) is 12.1 Å². The number of ether oxygens (including phenoxy) is 1. The summed E-state index contributed by atoms with van der Waals surface area (Å²) in [4.78, 5) is 26.5. The monoisotopic (exact) mass is 397 g/mol. The van der Waals surface area contributed by atoms with Crippen molar-refractivity contribution in [3.63, 3.8) is 0 Å². The number of amides is 1. The van der Waals surface area contributed by atoms with Crippen molar-refractivity contribution in [1.29, 1.82) is 5.26 Å². The van der Waals surface area contributed by atoms with Crippen molar-refractivity contribution >= 4 is 18.0 Å². The van der Waals surface area contributed by atoms with Crippen LogP contribution in [0.3, 0.4) is 0 Å². The minimum Gasteiger partial charge on any atom is -0.449 e. The van der Waals surface area contributed by atoms with Crippen LogP contribution in [0.4, 0.5) is 0 Å². The number of nitriles is 1. The summed E-state index contributed by atoms with van der Waals surface area (Å²) in [7, 11) is 1.64. The molecule has 1 aromatic heterocycles. The first-order valence-corrected chi connectivity index (χ1v) is 10.5. The van der Waals surface area contributed by atoms with Gasteiger partial charge in [0, 0.05) is 30.6 Å². The molecule has 0 aliphatic heterocycles. The van der Waals surface area contributed by atoms with Crippen molar-refractivity contribution in [1.82, 2.24) is 9.47 Å². The summed E-state index contributed by atoms with van der Waals surface area (Å²) < 4.78 is 7.66. The van der Waals surface area contributed by atoms with E-state index < -0.39 is 17.6 Å². The lowest BCUT2D eigenvalue weighted by Gasteiger charge is -2.39. The first-order chi connectivity index (χ1) is 13.8. The molecular weight excluding hydrogens is 366 g/mol. The second kappa shape index (κ2) is 8.44. The Kier molecular flexibility index (Phi) is 6.16. The zero-order chi connectivity index (χ0) is 21.2. The van der Waals surface area contributed by atoms with Gasteiger partial charge in [-0.1, -0.05) is 19.3 Å². The van der Waals surface area contributed by atoms with E-state index in [0.717, 1.165) is 30.5 Å². The maximum absolute atomic E-state index is 12.8. The zero-order valence-electron chi connectivity index (χ0n) is 17.9. The number of rotatable bonds is 6. The highest BCUT2D eigenvalue weighted by molar-refractivity contribution is 5.90. The minimum atomic E-state index is -0.928. The molecule has 2 saturated carbocycles. The van der Waals surface area contributed by atoms with Crippen molar-refractivity contribution in [3.05, 3.63) is 29.1 Å². The predicted octanol–water partition coefficient (Wildman–Crippen LogP) is 4.07. The Morgan fingerprint density at radius 3 is 2.55 bits per heavy atom. The maximum atomic E-state index is 12.8. The number of esters is 1. The number of nitrogens with zero attached hydrogens (tertiary/aromatic N) is 3. The third-order valence-corrected chi connectivity index (χ3v) is 6.34. The number of likely N-dealkylation sites (N-methyl/N-ethyl adjacent to an activating group) is 1. The second-order valence-electron chi connectivity index (χ2n) is 8.44. The van der Waals surface area contributed by atoms with E-state index in [0.29, 0.717) is 18.9 Å². The topological polar surface area (TPSA) is 75.3 Å². The van der Waals surface area contributed by atoms with Gasteiger partial charge in [0.1, 0.15) is 5.54 Å². The molecule has 0 N–H and O–H groups in total. The highest BCUT2D eigenvalue weighted by atomic mass is 16.5. The molecule has 0 unspecified atom stereocenters. The van der Waals surface area contributed by atoms with Crippen LogP contribution >= 0.6 is 0 Å². The zero-order valence-corrected chi connectivity index (χ0v) is 17.9. The molecule has 3 rings (SSSR count). The normalized spacial score (nSPS) is 19.6. The summed E-state index contributed by atoms with van der Waals surface area (Å²) in [5.41, 5.74) is 2.54. The summed E-state index contributed by atoms with van der Waals surface area (Å²) in [6.45, 7) is 5.70. The third-order valence-electron chi connectivity index (χ3n) is 6.34. The molecule has 2 aliphatic carbocycles. The standard InChI is InChI=1S/C23H31N3O3/c1-16-14-19(17(2)26(16)20-9-10-20)8-11-21(27)29-18(3)22(28)25(4)23(15-24)12-6-5-7-13-23/h8,11,14,18,20H,5-7,9-10,12-13H2,1-4H3/b11-8+/t18-/m1/s1. The van der Waals surface area contributed by atoms with E-state index in [-0.39, 0.29) is 5.91 Å². The van der Waals surface area contributed by atoms with E-state index in [1.165, 1.54) is 29.5 Å². The number of aromatic nitrogens is 1. The molecule has 6 heteroatoms. The van der Waals surface area contributed by atoms with Gasteiger partial charge in [-0.25, -0.2) is 4.79 Å². The van der Waals surface area contributed by atoms with E-state index in [9.17, 15) is 14.9 Å². The molecular formula is C23H31N3O3. The summed E-state index contributed by atoms with van der Waals surface area (Å²) >= 11 is 0. The van der Waals surface area contributed by atoms with Crippen LogP contribution in [-0.4, -0.2) is 40.0 Å². The van der Waals surface area contributed by atoms with E-state index in [4.69, 9.17) is 4.74 Å². The molecule has 1 atom stereocenters. The molecule has 1 aromatic rings. The van der Waals surface area contributed by atoms with Crippen molar-refractivity contribution in [2.75, 3.05) is 7.05 Å². The molecule has 2 aliphatic rings. The number of carbonyl (C=O) groups excluding carboxylic acids is 2. The number of hydrogen-bond acceptors (Lipinski definition) is 4. The first-order valence-electron chi connectivity index (χ1n) is 10.5. The van der Waals surface area contributed by atoms with Crippen LogP contribution in [0.25, 0.3) is 6.08 Å². The van der Waals surface area contributed by atoms with Gasteiger partial charge in [-0.2, -0.15) is 5.26 Å². The summed E-state index contributed by atoms with van der Waals surface area (Å²) in [6.07, 6.45) is 8.91. The van der Waals surface area contributed by atoms with E-state index in [1.807, 2.05) is 0 Å². The Hall–Kier alpha value is -2.55. The van der Waals surface area contributed by atoms with Gasteiger partial charge in [0.25, 0.3) is 5.91 Å². The molecule has 0 aromatic carbocycles. The Balaban J connectivity index is 1.61. The fourth-order valence-electron chi connectivity index (χ4n) is 4.43. The van der Waals surface area contributed by atoms with Crippen molar-refractivity contribution in [2.45, 2.75) is 83.4 Å². The van der Waals surface area contributed by atoms with Gasteiger partial charge in [0.2, 0.25) is 0 Å². The minimum absolute atomic E-state index is 0.331. The van der Waals surface area contributed by atoms with Crippen LogP contribution in [0.1, 0.15) is 74.9 Å². The number of aryl methyl sites for hydroxylation is 1. The van der Waals surface area contributed by atoms with E-state index in [1.54, 1.807) is 20.0 Å². The Morgan fingerprint density at radius 2 is 1.97 bits per heavy atom. The van der Waals surface area contributed by atoms with Gasteiger partial charge >= 0.3 is 5.97 Å². The summed E-state index contributed by atoms with van der Waals surface area (Å²) in [6, 6.07) is 4.99. The molecule has 1 heterocycles. The summed E-state index contributed by atoms with van der Waals surface area (Å²) in [5, 5.41) is 9.66. The average molecular weight is 398 g/mol. The van der Waals surface area contributed by atoms with Gasteiger partial charge in [0.15, 0.2) is 6.10 Å². The van der Waals surface area contributed by atoms with Crippen molar-refractivity contribution in [2.24, 2.45) is 0 Å². The lowest BCUT2D eigenvalue weighted by molar-refractivity contribution is -0.157. The fourth-order valence-corrected chi connectivity index (χ4v) is 4.43. The molecule has 29 heavy (non-hydrogen) atoms. The lowest BCUT2D eigenvalue weighted by atomic mass is 9.81. The van der Waals surface area contributed by atoms with Gasteiger partial charge in [-0.05, 0) is 64.2 Å². The Morgan fingerprint density at radius 1 is 1.31 bits per heavy atom. The van der Waals surface area contributed by atoms with E-state index in [2.05, 4.69) is 30.6 Å². The van der Waals surface area contributed by atoms with Crippen LogP contribution in [0.2, 0.25) is 0 Å². The first kappa shape index (κ1) is 21.2. The molecule has 0 spiro atoms. The SMILES string of the molecule is Cc1cc(/C=C/C(=O)O[C@H](C)C(=O)N(C)C2(C#N)CCCCC2)c(C)n1C1CC1. The average Bonchev–Trinajstić information content (AvgIpc) is 3.50. The number of hydrogen-bond donors (Lipinski definition) is 0. The predicted molar refractivity (Wildman–Crippen MR) is 111 cm³/mol.